The molecule has 1 aromatic carbocycles. The molecule has 0 atom stereocenters. The minimum absolute atomic E-state index is 0.0422. The Hall–Kier alpha value is -3.71. The van der Waals surface area contributed by atoms with Crippen molar-refractivity contribution in [3.05, 3.63) is 53.0 Å². The van der Waals surface area contributed by atoms with Gasteiger partial charge in [0.25, 0.3) is 11.8 Å². The maximum Gasteiger partial charge on any atom is 0.470 e. The van der Waals surface area contributed by atoms with Crippen LogP contribution < -0.4 is 16.4 Å². The summed E-state index contributed by atoms with van der Waals surface area (Å²) >= 11 is 6.06. The van der Waals surface area contributed by atoms with E-state index in [1.165, 1.54) is 19.2 Å². The van der Waals surface area contributed by atoms with Crippen molar-refractivity contribution in [3.8, 4) is 11.5 Å². The fourth-order valence-electron chi connectivity index (χ4n) is 2.30. The Kier molecular flexibility index (Phi) is 8.92. The van der Waals surface area contributed by atoms with Crippen molar-refractivity contribution < 1.29 is 27.5 Å². The number of amides is 1. The summed E-state index contributed by atoms with van der Waals surface area (Å²) in [5.74, 6) is -2.45. The highest BCUT2D eigenvalue weighted by molar-refractivity contribution is 6.34. The number of aromatic nitrogens is 4. The van der Waals surface area contributed by atoms with Gasteiger partial charge in [-0.05, 0) is 31.5 Å². The van der Waals surface area contributed by atoms with E-state index < -0.39 is 18.0 Å². The normalized spacial score (nSPS) is 10.8. The van der Waals surface area contributed by atoms with E-state index in [-0.39, 0.29) is 40.4 Å². The number of anilines is 3. The van der Waals surface area contributed by atoms with E-state index in [9.17, 15) is 18.0 Å². The average molecular weight is 500 g/mol. The largest absolute Gasteiger partial charge is 0.470 e. The third-order valence-electron chi connectivity index (χ3n) is 3.95. The molecule has 1 amide bonds. The molecule has 0 unspecified atom stereocenters. The molecular weight excluding hydrogens is 479 g/mol. The number of alkyl halides is 3. The molecule has 0 spiro atoms. The highest BCUT2D eigenvalue weighted by Gasteiger charge is 2.38. The summed E-state index contributed by atoms with van der Waals surface area (Å²) in [5, 5.41) is 19.9. The Labute approximate surface area is 197 Å². The molecular formula is C20H21ClF3N7O3. The maximum atomic E-state index is 12.6. The number of nitrogen functional groups attached to an aromatic ring is 1. The molecule has 0 saturated carbocycles. The monoisotopic (exact) mass is 499 g/mol. The van der Waals surface area contributed by atoms with Gasteiger partial charge in [-0.15, -0.1) is 16.8 Å². The van der Waals surface area contributed by atoms with Gasteiger partial charge in [0.2, 0.25) is 5.95 Å². The Balaban J connectivity index is 0.000000604. The highest BCUT2D eigenvalue weighted by Crippen LogP contribution is 2.32. The van der Waals surface area contributed by atoms with Gasteiger partial charge in [0.05, 0.1) is 16.1 Å². The summed E-state index contributed by atoms with van der Waals surface area (Å²) in [6, 6.07) is 4.54. The minimum Gasteiger partial charge on any atom is -0.412 e. The van der Waals surface area contributed by atoms with Crippen LogP contribution in [0.2, 0.25) is 5.02 Å². The summed E-state index contributed by atoms with van der Waals surface area (Å²) in [5.41, 5.74) is 7.48. The molecule has 14 heteroatoms. The number of nitrogens with one attached hydrogen (secondary N) is 2. The van der Waals surface area contributed by atoms with E-state index >= 15 is 0 Å². The standard InChI is InChI=1S/C15H11ClF3N7O2.C5H10O/c1-21-11(27)7-3-2-6(4-9(7)16)23-14-22-5-8(10(20)24-14)12-25-26-13(28-12)15(17,18)19;1-5(2)3-4-6/h2-5H,1H3,(H,21,27)(H3,20,22,23,24);6H,1,3-4H2,2H3. The number of aliphatic hydroxyl groups excluding tert-OH is 1. The van der Waals surface area contributed by atoms with Crippen LogP contribution in [0.5, 0.6) is 0 Å². The first-order valence-electron chi connectivity index (χ1n) is 9.53. The Morgan fingerprint density at radius 2 is 2.03 bits per heavy atom. The van der Waals surface area contributed by atoms with Crippen molar-refractivity contribution in [2.45, 2.75) is 19.5 Å². The lowest BCUT2D eigenvalue weighted by atomic mass is 10.2. The number of aliphatic hydroxyl groups is 1. The second-order valence-electron chi connectivity index (χ2n) is 6.73. The third-order valence-corrected chi connectivity index (χ3v) is 4.26. The molecule has 0 aliphatic heterocycles. The molecule has 34 heavy (non-hydrogen) atoms. The summed E-state index contributed by atoms with van der Waals surface area (Å²) < 4.78 is 42.2. The van der Waals surface area contributed by atoms with Crippen molar-refractivity contribution in [3.63, 3.8) is 0 Å². The molecule has 182 valence electrons. The van der Waals surface area contributed by atoms with Crippen molar-refractivity contribution in [2.24, 2.45) is 0 Å². The number of rotatable bonds is 6. The average Bonchev–Trinajstić information content (AvgIpc) is 3.24. The summed E-state index contributed by atoms with van der Waals surface area (Å²) in [4.78, 5) is 19.5. The molecule has 0 aliphatic carbocycles. The molecule has 0 radical (unpaired) electrons. The zero-order chi connectivity index (χ0) is 25.5. The van der Waals surface area contributed by atoms with Gasteiger partial charge >= 0.3 is 12.1 Å². The molecule has 0 fully saturated rings. The van der Waals surface area contributed by atoms with Crippen LogP contribution >= 0.6 is 11.6 Å². The molecule has 0 aliphatic rings. The molecule has 3 aromatic rings. The first-order valence-corrected chi connectivity index (χ1v) is 9.91. The first-order chi connectivity index (χ1) is 16.0. The second kappa shape index (κ2) is 11.4. The SMILES string of the molecule is C=C(C)CCO.CNC(=O)c1ccc(Nc2ncc(-c3nnc(C(F)(F)F)o3)c(N)n2)cc1Cl. The molecule has 0 bridgehead atoms. The molecule has 10 nitrogen and oxygen atoms in total. The number of carbonyl (C=O) groups excluding carboxylic acids is 1. The van der Waals surface area contributed by atoms with Gasteiger partial charge in [-0.1, -0.05) is 17.2 Å². The Morgan fingerprint density at radius 3 is 2.50 bits per heavy atom. The fourth-order valence-corrected chi connectivity index (χ4v) is 2.56. The minimum atomic E-state index is -4.78. The van der Waals surface area contributed by atoms with Crippen LogP contribution in [0.4, 0.5) is 30.6 Å². The maximum absolute atomic E-state index is 12.6. The van der Waals surface area contributed by atoms with E-state index in [2.05, 4.69) is 41.8 Å². The van der Waals surface area contributed by atoms with Gasteiger partial charge in [-0.25, -0.2) is 4.98 Å². The lowest BCUT2D eigenvalue weighted by Crippen LogP contribution is -2.18. The van der Waals surface area contributed by atoms with Crippen LogP contribution in [-0.4, -0.2) is 44.8 Å². The molecule has 2 heterocycles. The second-order valence-corrected chi connectivity index (χ2v) is 7.14. The summed E-state index contributed by atoms with van der Waals surface area (Å²) in [7, 11) is 1.48. The van der Waals surface area contributed by atoms with Gasteiger partial charge in [0.15, 0.2) is 0 Å². The number of hydrogen-bond acceptors (Lipinski definition) is 9. The van der Waals surface area contributed by atoms with E-state index in [0.29, 0.717) is 5.69 Å². The van der Waals surface area contributed by atoms with Crippen molar-refractivity contribution in [1.82, 2.24) is 25.5 Å². The zero-order valence-electron chi connectivity index (χ0n) is 18.1. The van der Waals surface area contributed by atoms with Gasteiger partial charge in [0, 0.05) is 25.5 Å². The zero-order valence-corrected chi connectivity index (χ0v) is 18.8. The predicted molar refractivity (Wildman–Crippen MR) is 119 cm³/mol. The number of nitrogens with zero attached hydrogens (tertiary/aromatic N) is 4. The van der Waals surface area contributed by atoms with E-state index in [4.69, 9.17) is 22.4 Å². The molecule has 5 N–H and O–H groups in total. The van der Waals surface area contributed by atoms with Crippen LogP contribution in [-0.2, 0) is 6.18 Å². The number of hydrogen-bond donors (Lipinski definition) is 4. The van der Waals surface area contributed by atoms with Crippen LogP contribution in [0.25, 0.3) is 11.5 Å². The van der Waals surface area contributed by atoms with Crippen molar-refractivity contribution in [1.29, 1.82) is 0 Å². The molecule has 2 aromatic heterocycles. The lowest BCUT2D eigenvalue weighted by Gasteiger charge is -2.09. The predicted octanol–water partition coefficient (Wildman–Crippen LogP) is 3.83. The number of nitrogens with two attached hydrogens (primary N) is 1. The highest BCUT2D eigenvalue weighted by atomic mass is 35.5. The van der Waals surface area contributed by atoms with Gasteiger partial charge < -0.3 is 25.9 Å². The Morgan fingerprint density at radius 1 is 1.32 bits per heavy atom. The molecule has 0 saturated heterocycles. The van der Waals surface area contributed by atoms with Crippen molar-refractivity contribution in [2.75, 3.05) is 24.7 Å². The molecule has 3 rings (SSSR count). The quantitative estimate of drug-likeness (QED) is 0.370. The van der Waals surface area contributed by atoms with E-state index in [1.54, 1.807) is 6.07 Å². The van der Waals surface area contributed by atoms with Crippen LogP contribution in [0.15, 0.2) is 41.0 Å². The van der Waals surface area contributed by atoms with Crippen molar-refractivity contribution >= 4 is 35.0 Å². The third kappa shape index (κ3) is 7.15. The van der Waals surface area contributed by atoms with Crippen LogP contribution in [0.1, 0.15) is 29.6 Å². The van der Waals surface area contributed by atoms with Crippen LogP contribution in [0, 0.1) is 0 Å². The van der Waals surface area contributed by atoms with E-state index in [0.717, 1.165) is 18.2 Å². The van der Waals surface area contributed by atoms with E-state index in [1.807, 2.05) is 6.92 Å². The summed E-state index contributed by atoms with van der Waals surface area (Å²) in [6.45, 7) is 5.72. The Bertz CT molecular complexity index is 1170. The van der Waals surface area contributed by atoms with Gasteiger partial charge in [-0.3, -0.25) is 4.79 Å². The number of benzene rings is 1. The fraction of sp³-hybridized carbons (Fsp3) is 0.250. The lowest BCUT2D eigenvalue weighted by molar-refractivity contribution is -0.156. The topological polar surface area (TPSA) is 152 Å². The van der Waals surface area contributed by atoms with Crippen LogP contribution in [0.3, 0.4) is 0 Å². The summed E-state index contributed by atoms with van der Waals surface area (Å²) in [6.07, 6.45) is -2.90. The number of halogens is 4. The smallest absolute Gasteiger partial charge is 0.412 e. The number of carbonyl (C=O) groups is 1. The van der Waals surface area contributed by atoms with Gasteiger partial charge in [0.1, 0.15) is 5.82 Å². The first kappa shape index (κ1) is 26.5. The van der Waals surface area contributed by atoms with Gasteiger partial charge in [-0.2, -0.15) is 18.2 Å².